The van der Waals surface area contributed by atoms with E-state index in [0.29, 0.717) is 18.5 Å². The molecule has 39 heavy (non-hydrogen) atoms. The number of carbonyl (C=O) groups is 4. The molecule has 1 aliphatic carbocycles. The Labute approximate surface area is 222 Å². The van der Waals surface area contributed by atoms with Gasteiger partial charge in [-0.05, 0) is 12.8 Å². The third-order valence-electron chi connectivity index (χ3n) is 6.43. The summed E-state index contributed by atoms with van der Waals surface area (Å²) in [5.74, 6) is -3.44. The predicted molar refractivity (Wildman–Crippen MR) is 125 cm³/mol. The maximum absolute atomic E-state index is 12.7. The first-order valence-corrected chi connectivity index (χ1v) is 12.4. The van der Waals surface area contributed by atoms with Crippen LogP contribution in [0.1, 0.15) is 75.4 Å². The Kier molecular flexibility index (Phi) is 8.25. The van der Waals surface area contributed by atoms with E-state index in [2.05, 4.69) is 20.4 Å². The molecule has 212 valence electrons. The van der Waals surface area contributed by atoms with Crippen LogP contribution in [-0.4, -0.2) is 90.8 Å². The van der Waals surface area contributed by atoms with Crippen LogP contribution in [0.3, 0.4) is 0 Å². The number of methoxy groups -OCH3 is 1. The van der Waals surface area contributed by atoms with Gasteiger partial charge in [-0.15, -0.1) is 10.2 Å². The van der Waals surface area contributed by atoms with Gasteiger partial charge in [-0.3, -0.25) is 14.4 Å². The molecule has 1 saturated heterocycles. The molecular weight excluding hydrogens is 520 g/mol. The number of aromatic nitrogens is 6. The summed E-state index contributed by atoms with van der Waals surface area (Å²) < 4.78 is 28.8. The number of esters is 4. The second-order valence-corrected chi connectivity index (χ2v) is 9.33. The van der Waals surface area contributed by atoms with Gasteiger partial charge in [0.1, 0.15) is 24.0 Å². The number of ether oxygens (including phenoxy) is 5. The zero-order valence-corrected chi connectivity index (χ0v) is 21.9. The van der Waals surface area contributed by atoms with Crippen molar-refractivity contribution in [2.45, 2.75) is 83.0 Å². The Morgan fingerprint density at radius 2 is 1.72 bits per heavy atom. The van der Waals surface area contributed by atoms with E-state index in [1.54, 1.807) is 0 Å². The first-order valence-electron chi connectivity index (χ1n) is 12.4. The molecule has 16 heteroatoms. The Morgan fingerprint density at radius 1 is 1.05 bits per heavy atom. The van der Waals surface area contributed by atoms with Crippen LogP contribution in [0.5, 0.6) is 0 Å². The van der Waals surface area contributed by atoms with E-state index in [1.807, 2.05) is 0 Å². The fraction of sp³-hybridized carbons (Fsp3) is 0.652. The molecular formula is C23H30N6O10. The normalized spacial score (nSPS) is 24.1. The van der Waals surface area contributed by atoms with Crippen molar-refractivity contribution in [1.29, 1.82) is 0 Å². The second-order valence-electron chi connectivity index (χ2n) is 9.33. The van der Waals surface area contributed by atoms with Gasteiger partial charge >= 0.3 is 23.9 Å². The van der Waals surface area contributed by atoms with E-state index in [-0.39, 0.29) is 18.4 Å². The molecule has 2 aromatic rings. The lowest BCUT2D eigenvalue weighted by Crippen LogP contribution is -2.41. The smallest absolute Gasteiger partial charge is 0.376 e. The molecule has 0 spiro atoms. The minimum atomic E-state index is -1.35. The van der Waals surface area contributed by atoms with Gasteiger partial charge in [0.25, 0.3) is 5.95 Å². The zero-order valence-electron chi connectivity index (χ0n) is 21.9. The van der Waals surface area contributed by atoms with Crippen molar-refractivity contribution in [2.75, 3.05) is 13.7 Å². The van der Waals surface area contributed by atoms with Gasteiger partial charge in [0.2, 0.25) is 5.82 Å². The van der Waals surface area contributed by atoms with Gasteiger partial charge in [0.05, 0.1) is 13.3 Å². The minimum absolute atomic E-state index is 0.119. The highest BCUT2D eigenvalue weighted by Crippen LogP contribution is 2.37. The number of hydrogen-bond donors (Lipinski definition) is 1. The van der Waals surface area contributed by atoms with E-state index in [9.17, 15) is 24.3 Å². The van der Waals surface area contributed by atoms with Crippen LogP contribution < -0.4 is 0 Å². The summed E-state index contributed by atoms with van der Waals surface area (Å²) in [4.78, 5) is 52.2. The van der Waals surface area contributed by atoms with Crippen molar-refractivity contribution in [1.82, 2.24) is 29.8 Å². The molecule has 1 saturated carbocycles. The molecule has 3 heterocycles. The molecule has 1 N–H and O–H groups in total. The van der Waals surface area contributed by atoms with Crippen LogP contribution in [-0.2, 0) is 43.7 Å². The summed E-state index contributed by atoms with van der Waals surface area (Å²) in [5.41, 5.74) is -0.801. The van der Waals surface area contributed by atoms with E-state index in [0.717, 1.165) is 44.9 Å². The summed E-state index contributed by atoms with van der Waals surface area (Å²) in [6, 6.07) is 0. The van der Waals surface area contributed by atoms with Crippen molar-refractivity contribution in [3.05, 3.63) is 17.7 Å². The standard InChI is InChI=1S/C23H30N6O10/c1-12(30)36-11-15-17(37-13(2)31)18(38-14(3)32)20(39-15)29-19(21(33)35-4)24-22(26-29)28-10-16(25-27-28)23(34)8-6-5-7-9-23/h10,15,17-18,20,34H,5-9,11H2,1-4H3/t15-,17-,18-,20-/m1/s1. The number of hydrogen-bond acceptors (Lipinski definition) is 14. The first-order chi connectivity index (χ1) is 18.5. The van der Waals surface area contributed by atoms with Gasteiger partial charge < -0.3 is 28.8 Å². The van der Waals surface area contributed by atoms with Crippen molar-refractivity contribution in [3.63, 3.8) is 0 Å². The Hall–Kier alpha value is -3.92. The van der Waals surface area contributed by atoms with Gasteiger partial charge in [-0.25, -0.2) is 9.48 Å². The molecule has 0 radical (unpaired) electrons. The molecule has 2 fully saturated rings. The number of nitrogens with zero attached hydrogens (tertiary/aromatic N) is 6. The highest BCUT2D eigenvalue weighted by Gasteiger charge is 2.52. The summed E-state index contributed by atoms with van der Waals surface area (Å²) in [7, 11) is 1.14. The lowest BCUT2D eigenvalue weighted by Gasteiger charge is -2.29. The summed E-state index contributed by atoms with van der Waals surface area (Å²) in [5, 5.41) is 23.5. The van der Waals surface area contributed by atoms with Crippen molar-refractivity contribution < 1.29 is 48.0 Å². The maximum atomic E-state index is 12.7. The monoisotopic (exact) mass is 550 g/mol. The van der Waals surface area contributed by atoms with Gasteiger partial charge in [0, 0.05) is 20.8 Å². The molecule has 0 bridgehead atoms. The van der Waals surface area contributed by atoms with Crippen molar-refractivity contribution in [2.24, 2.45) is 0 Å². The van der Waals surface area contributed by atoms with Crippen LogP contribution in [0.15, 0.2) is 6.20 Å². The second kappa shape index (κ2) is 11.4. The van der Waals surface area contributed by atoms with Gasteiger partial charge in [-0.2, -0.15) is 9.67 Å². The largest absolute Gasteiger partial charge is 0.463 e. The molecule has 0 aromatic carbocycles. The molecule has 2 aromatic heterocycles. The highest BCUT2D eigenvalue weighted by molar-refractivity contribution is 5.85. The molecule has 0 unspecified atom stereocenters. The maximum Gasteiger partial charge on any atom is 0.376 e. The third kappa shape index (κ3) is 6.06. The summed E-state index contributed by atoms with van der Waals surface area (Å²) in [6.07, 6.45) is 0.285. The molecule has 0 amide bonds. The van der Waals surface area contributed by atoms with Crippen molar-refractivity contribution >= 4 is 23.9 Å². The van der Waals surface area contributed by atoms with E-state index in [1.165, 1.54) is 17.8 Å². The Bertz CT molecular complexity index is 1240. The number of aliphatic hydroxyl groups is 1. The molecule has 16 nitrogen and oxygen atoms in total. The highest BCUT2D eigenvalue weighted by atomic mass is 16.7. The predicted octanol–water partition coefficient (Wildman–Crippen LogP) is 0.121. The van der Waals surface area contributed by atoms with Crippen LogP contribution >= 0.6 is 0 Å². The minimum Gasteiger partial charge on any atom is -0.463 e. The zero-order chi connectivity index (χ0) is 28.3. The first kappa shape index (κ1) is 28.1. The molecule has 4 atom stereocenters. The fourth-order valence-electron chi connectivity index (χ4n) is 4.67. The van der Waals surface area contributed by atoms with Gasteiger partial charge in [-0.1, -0.05) is 24.5 Å². The van der Waals surface area contributed by atoms with E-state index >= 15 is 0 Å². The number of carbonyl (C=O) groups excluding carboxylic acids is 4. The third-order valence-corrected chi connectivity index (χ3v) is 6.43. The Balaban J connectivity index is 1.73. The molecule has 4 rings (SSSR count). The number of rotatable bonds is 8. The van der Waals surface area contributed by atoms with E-state index < -0.39 is 54.0 Å². The Morgan fingerprint density at radius 3 is 2.33 bits per heavy atom. The van der Waals surface area contributed by atoms with Crippen LogP contribution in [0, 0.1) is 0 Å². The average Bonchev–Trinajstić information content (AvgIpc) is 3.61. The summed E-state index contributed by atoms with van der Waals surface area (Å²) >= 11 is 0. The van der Waals surface area contributed by atoms with Crippen molar-refractivity contribution in [3.8, 4) is 5.95 Å². The molecule has 2 aliphatic rings. The van der Waals surface area contributed by atoms with E-state index in [4.69, 9.17) is 23.7 Å². The molecule has 1 aliphatic heterocycles. The fourth-order valence-corrected chi connectivity index (χ4v) is 4.67. The lowest BCUT2D eigenvalue weighted by atomic mass is 9.83. The van der Waals surface area contributed by atoms with Gasteiger partial charge in [0.15, 0.2) is 18.4 Å². The van der Waals surface area contributed by atoms with Crippen LogP contribution in [0.2, 0.25) is 0 Å². The quantitative estimate of drug-likeness (QED) is 0.343. The average molecular weight is 551 g/mol. The SMILES string of the molecule is COC(=O)c1nc(-n2cc(C3(O)CCCCC3)nn2)nn1[C@@H]1O[C@H](COC(C)=O)[C@@H](OC(C)=O)[C@H]1OC(C)=O. The van der Waals surface area contributed by atoms with Crippen LogP contribution in [0.4, 0.5) is 0 Å². The lowest BCUT2D eigenvalue weighted by molar-refractivity contribution is -0.166. The summed E-state index contributed by atoms with van der Waals surface area (Å²) in [6.45, 7) is 3.13. The topological polar surface area (TPSA) is 196 Å². The van der Waals surface area contributed by atoms with Crippen LogP contribution in [0.25, 0.3) is 5.95 Å².